The van der Waals surface area contributed by atoms with Gasteiger partial charge in [0, 0.05) is 29.7 Å². The molecular formula is C16H22BrN3. The van der Waals surface area contributed by atoms with E-state index in [2.05, 4.69) is 64.5 Å². The summed E-state index contributed by atoms with van der Waals surface area (Å²) in [7, 11) is 4.04. The minimum absolute atomic E-state index is 0.299. The van der Waals surface area contributed by atoms with Crippen molar-refractivity contribution in [2.75, 3.05) is 7.05 Å². The highest BCUT2D eigenvalue weighted by Gasteiger charge is 2.15. The van der Waals surface area contributed by atoms with Gasteiger partial charge in [-0.1, -0.05) is 28.9 Å². The third-order valence-corrected chi connectivity index (χ3v) is 4.26. The standard InChI is InChI=1S/C16H22BrN3/c1-5-13-9-14(20(4)19-13)10-16(18-3)15-8-12(17)7-6-11(15)2/h6-9,16,18H,5,10H2,1-4H3. The summed E-state index contributed by atoms with van der Waals surface area (Å²) >= 11 is 3.56. The lowest BCUT2D eigenvalue weighted by Gasteiger charge is -2.19. The SMILES string of the molecule is CCc1cc(CC(NC)c2cc(Br)ccc2C)n(C)n1. The zero-order valence-corrected chi connectivity index (χ0v) is 14.2. The van der Waals surface area contributed by atoms with E-state index >= 15 is 0 Å². The molecule has 0 spiro atoms. The van der Waals surface area contributed by atoms with Gasteiger partial charge >= 0.3 is 0 Å². The lowest BCUT2D eigenvalue weighted by atomic mass is 9.97. The fourth-order valence-corrected chi connectivity index (χ4v) is 2.88. The first-order valence-electron chi connectivity index (χ1n) is 7.00. The normalized spacial score (nSPS) is 12.7. The van der Waals surface area contributed by atoms with Gasteiger partial charge in [0.15, 0.2) is 0 Å². The van der Waals surface area contributed by atoms with Crippen molar-refractivity contribution in [1.29, 1.82) is 0 Å². The minimum Gasteiger partial charge on any atom is -0.313 e. The van der Waals surface area contributed by atoms with Gasteiger partial charge in [0.05, 0.1) is 5.69 Å². The summed E-state index contributed by atoms with van der Waals surface area (Å²) in [5.41, 5.74) is 5.07. The number of hydrogen-bond acceptors (Lipinski definition) is 2. The average molecular weight is 336 g/mol. The Morgan fingerprint density at radius 3 is 2.70 bits per heavy atom. The molecule has 1 atom stereocenters. The van der Waals surface area contributed by atoms with Crippen molar-refractivity contribution < 1.29 is 0 Å². The zero-order valence-electron chi connectivity index (χ0n) is 12.6. The number of likely N-dealkylation sites (N-methyl/N-ethyl adjacent to an activating group) is 1. The molecule has 4 heteroatoms. The Kier molecular flexibility index (Phi) is 5.00. The van der Waals surface area contributed by atoms with Gasteiger partial charge in [-0.2, -0.15) is 5.10 Å². The van der Waals surface area contributed by atoms with Gasteiger partial charge < -0.3 is 5.32 Å². The highest BCUT2D eigenvalue weighted by Crippen LogP contribution is 2.25. The van der Waals surface area contributed by atoms with Crippen LogP contribution in [0.3, 0.4) is 0 Å². The Balaban J connectivity index is 2.28. The highest BCUT2D eigenvalue weighted by molar-refractivity contribution is 9.10. The molecule has 0 amide bonds. The molecule has 1 heterocycles. The first-order valence-corrected chi connectivity index (χ1v) is 7.79. The van der Waals surface area contributed by atoms with Gasteiger partial charge in [0.25, 0.3) is 0 Å². The molecule has 2 aromatic rings. The van der Waals surface area contributed by atoms with Crippen LogP contribution in [0.4, 0.5) is 0 Å². The third-order valence-electron chi connectivity index (χ3n) is 3.77. The van der Waals surface area contributed by atoms with Crippen LogP contribution >= 0.6 is 15.9 Å². The Morgan fingerprint density at radius 2 is 2.10 bits per heavy atom. The smallest absolute Gasteiger partial charge is 0.0624 e. The molecule has 0 saturated carbocycles. The summed E-state index contributed by atoms with van der Waals surface area (Å²) in [5.74, 6) is 0. The second-order valence-electron chi connectivity index (χ2n) is 5.15. The monoisotopic (exact) mass is 335 g/mol. The Morgan fingerprint density at radius 1 is 1.35 bits per heavy atom. The fourth-order valence-electron chi connectivity index (χ4n) is 2.50. The van der Waals surface area contributed by atoms with Crippen molar-refractivity contribution in [3.8, 4) is 0 Å². The second-order valence-corrected chi connectivity index (χ2v) is 6.07. The molecule has 1 unspecified atom stereocenters. The van der Waals surface area contributed by atoms with Gasteiger partial charge in [-0.15, -0.1) is 0 Å². The van der Waals surface area contributed by atoms with E-state index in [0.717, 1.165) is 23.0 Å². The number of benzene rings is 1. The summed E-state index contributed by atoms with van der Waals surface area (Å²) in [5, 5.41) is 7.96. The molecule has 0 radical (unpaired) electrons. The number of nitrogens with zero attached hydrogens (tertiary/aromatic N) is 2. The van der Waals surface area contributed by atoms with Gasteiger partial charge in [0.2, 0.25) is 0 Å². The van der Waals surface area contributed by atoms with Crippen LogP contribution in [0.5, 0.6) is 0 Å². The second kappa shape index (κ2) is 6.55. The largest absolute Gasteiger partial charge is 0.313 e. The summed E-state index contributed by atoms with van der Waals surface area (Å²) < 4.78 is 3.12. The van der Waals surface area contributed by atoms with E-state index in [0.29, 0.717) is 6.04 Å². The predicted molar refractivity (Wildman–Crippen MR) is 87.0 cm³/mol. The van der Waals surface area contributed by atoms with E-state index in [4.69, 9.17) is 0 Å². The van der Waals surface area contributed by atoms with E-state index < -0.39 is 0 Å². The van der Waals surface area contributed by atoms with Crippen LogP contribution in [-0.4, -0.2) is 16.8 Å². The molecule has 0 aliphatic carbocycles. The molecule has 0 aliphatic rings. The van der Waals surface area contributed by atoms with Crippen LogP contribution in [0.1, 0.15) is 35.5 Å². The van der Waals surface area contributed by atoms with Crippen molar-refractivity contribution in [3.63, 3.8) is 0 Å². The lowest BCUT2D eigenvalue weighted by Crippen LogP contribution is -2.21. The Bertz CT molecular complexity index is 589. The van der Waals surface area contributed by atoms with E-state index in [1.54, 1.807) is 0 Å². The summed E-state index contributed by atoms with van der Waals surface area (Å²) in [4.78, 5) is 0. The topological polar surface area (TPSA) is 29.9 Å². The van der Waals surface area contributed by atoms with Crippen LogP contribution in [0.25, 0.3) is 0 Å². The molecule has 20 heavy (non-hydrogen) atoms. The number of aromatic nitrogens is 2. The summed E-state index contributed by atoms with van der Waals surface area (Å²) in [6, 6.07) is 8.95. The minimum atomic E-state index is 0.299. The van der Waals surface area contributed by atoms with Gasteiger partial charge in [-0.25, -0.2) is 0 Å². The highest BCUT2D eigenvalue weighted by atomic mass is 79.9. The summed E-state index contributed by atoms with van der Waals surface area (Å²) in [6.07, 6.45) is 1.92. The number of hydrogen-bond donors (Lipinski definition) is 1. The van der Waals surface area contributed by atoms with Crippen molar-refractivity contribution >= 4 is 15.9 Å². The molecule has 0 bridgehead atoms. The van der Waals surface area contributed by atoms with Crippen molar-refractivity contribution in [1.82, 2.24) is 15.1 Å². The molecule has 1 aromatic carbocycles. The maximum absolute atomic E-state index is 4.53. The molecule has 3 nitrogen and oxygen atoms in total. The average Bonchev–Trinajstić information content (AvgIpc) is 2.79. The van der Waals surface area contributed by atoms with Crippen LogP contribution in [0, 0.1) is 6.92 Å². The first kappa shape index (κ1) is 15.3. The van der Waals surface area contributed by atoms with Crippen molar-refractivity contribution in [2.45, 2.75) is 32.7 Å². The van der Waals surface area contributed by atoms with E-state index in [9.17, 15) is 0 Å². The number of aryl methyl sites for hydroxylation is 3. The Hall–Kier alpha value is -1.13. The summed E-state index contributed by atoms with van der Waals surface area (Å²) in [6.45, 7) is 4.30. The lowest BCUT2D eigenvalue weighted by molar-refractivity contribution is 0.558. The number of halogens is 1. The Labute approximate surface area is 129 Å². The maximum Gasteiger partial charge on any atom is 0.0624 e. The van der Waals surface area contributed by atoms with Gasteiger partial charge in [-0.05, 0) is 49.7 Å². The third kappa shape index (κ3) is 3.30. The predicted octanol–water partition coefficient (Wildman–Crippen LogP) is 3.56. The van der Waals surface area contributed by atoms with Crippen LogP contribution in [-0.2, 0) is 19.9 Å². The molecule has 108 valence electrons. The molecule has 1 N–H and O–H groups in total. The van der Waals surface area contributed by atoms with Crippen molar-refractivity contribution in [2.24, 2.45) is 7.05 Å². The fraction of sp³-hybridized carbons (Fsp3) is 0.438. The number of rotatable bonds is 5. The molecule has 0 saturated heterocycles. The van der Waals surface area contributed by atoms with Gasteiger partial charge in [0.1, 0.15) is 0 Å². The molecule has 1 aromatic heterocycles. The quantitative estimate of drug-likeness (QED) is 0.905. The zero-order chi connectivity index (χ0) is 14.7. The van der Waals surface area contributed by atoms with E-state index in [1.165, 1.54) is 16.8 Å². The van der Waals surface area contributed by atoms with Crippen molar-refractivity contribution in [3.05, 3.63) is 51.3 Å². The van der Waals surface area contributed by atoms with Crippen LogP contribution in [0.15, 0.2) is 28.7 Å². The first-order chi connectivity index (χ1) is 9.55. The molecule has 0 fully saturated rings. The van der Waals surface area contributed by atoms with Crippen LogP contribution < -0.4 is 5.32 Å². The molecule has 0 aliphatic heterocycles. The maximum atomic E-state index is 4.53. The number of nitrogens with one attached hydrogen (secondary N) is 1. The van der Waals surface area contributed by atoms with Crippen LogP contribution in [0.2, 0.25) is 0 Å². The van der Waals surface area contributed by atoms with E-state index in [1.807, 2.05) is 18.8 Å². The van der Waals surface area contributed by atoms with E-state index in [-0.39, 0.29) is 0 Å². The molecule has 2 rings (SSSR count). The molecular weight excluding hydrogens is 314 g/mol. The van der Waals surface area contributed by atoms with Gasteiger partial charge in [-0.3, -0.25) is 4.68 Å².